The van der Waals surface area contributed by atoms with Crippen molar-refractivity contribution in [3.8, 4) is 0 Å². The molecule has 0 bridgehead atoms. The first-order valence-corrected chi connectivity index (χ1v) is 11.2. The summed E-state index contributed by atoms with van der Waals surface area (Å²) in [6.45, 7) is 5.10. The molecule has 7 nitrogen and oxygen atoms in total. The van der Waals surface area contributed by atoms with Crippen LogP contribution in [0.2, 0.25) is 0 Å². The lowest BCUT2D eigenvalue weighted by molar-refractivity contribution is -0.265. The molecule has 7 heteroatoms. The highest BCUT2D eigenvalue weighted by molar-refractivity contribution is 6.09. The van der Waals surface area contributed by atoms with Gasteiger partial charge in [-0.1, -0.05) is 36.4 Å². The monoisotopic (exact) mass is 448 g/mol. The number of primary amides is 1. The molecule has 1 aliphatic heterocycles. The molecule has 0 spiro atoms. The van der Waals surface area contributed by atoms with Crippen LogP contribution < -0.4 is 11.1 Å². The van der Waals surface area contributed by atoms with Crippen molar-refractivity contribution < 1.29 is 23.5 Å². The van der Waals surface area contributed by atoms with Crippen LogP contribution in [0.3, 0.4) is 0 Å². The number of aryl methyl sites for hydroxylation is 1. The van der Waals surface area contributed by atoms with E-state index in [1.165, 1.54) is 11.1 Å². The fourth-order valence-electron chi connectivity index (χ4n) is 4.62. The molecule has 3 aromatic rings. The van der Waals surface area contributed by atoms with Crippen LogP contribution in [0, 0.1) is 6.92 Å². The van der Waals surface area contributed by atoms with E-state index < -0.39 is 23.1 Å². The number of fused-ring (bicyclic) bond motifs is 1. The van der Waals surface area contributed by atoms with Gasteiger partial charge in [0.15, 0.2) is 11.3 Å². The number of carbonyl (C=O) groups excluding carboxylic acids is 2. The molecule has 2 heterocycles. The summed E-state index contributed by atoms with van der Waals surface area (Å²) in [4.78, 5) is 25.7. The minimum Gasteiger partial charge on any atom is -0.461 e. The average Bonchev–Trinajstić information content (AvgIpc) is 3.51. The minimum absolute atomic E-state index is 0.0675. The molecule has 2 atom stereocenters. The zero-order valence-corrected chi connectivity index (χ0v) is 19.0. The van der Waals surface area contributed by atoms with Gasteiger partial charge < -0.3 is 24.9 Å². The van der Waals surface area contributed by atoms with E-state index in [-0.39, 0.29) is 13.2 Å². The second kappa shape index (κ2) is 7.71. The van der Waals surface area contributed by atoms with E-state index in [1.807, 2.05) is 18.2 Å². The molecule has 1 saturated carbocycles. The van der Waals surface area contributed by atoms with Crippen LogP contribution >= 0.6 is 0 Å². The van der Waals surface area contributed by atoms with Crippen molar-refractivity contribution in [2.24, 2.45) is 5.73 Å². The Morgan fingerprint density at radius 1 is 1.00 bits per heavy atom. The van der Waals surface area contributed by atoms with E-state index in [9.17, 15) is 9.59 Å². The molecule has 172 valence electrons. The Morgan fingerprint density at radius 2 is 1.67 bits per heavy atom. The highest BCUT2D eigenvalue weighted by Gasteiger charge is 2.46. The number of nitrogens with one attached hydrogen (secondary N) is 1. The number of nitrogens with two attached hydrogens (primary N) is 1. The highest BCUT2D eigenvalue weighted by atomic mass is 16.7. The predicted octanol–water partition coefficient (Wildman–Crippen LogP) is 3.75. The van der Waals surface area contributed by atoms with Gasteiger partial charge in [0.2, 0.25) is 5.91 Å². The second-order valence-electron chi connectivity index (χ2n) is 9.53. The van der Waals surface area contributed by atoms with Gasteiger partial charge in [-0.2, -0.15) is 0 Å². The summed E-state index contributed by atoms with van der Waals surface area (Å²) in [6.07, 6.45) is 1.07. The van der Waals surface area contributed by atoms with Crippen LogP contribution in [-0.4, -0.2) is 36.4 Å². The van der Waals surface area contributed by atoms with E-state index in [1.54, 1.807) is 20.8 Å². The molecule has 1 unspecified atom stereocenters. The van der Waals surface area contributed by atoms with Gasteiger partial charge in [-0.25, -0.2) is 0 Å². The molecular weight excluding hydrogens is 420 g/mol. The summed E-state index contributed by atoms with van der Waals surface area (Å²) < 4.78 is 17.1. The summed E-state index contributed by atoms with van der Waals surface area (Å²) in [7, 11) is 0. The molecule has 5 rings (SSSR count). The Hall–Kier alpha value is -3.16. The number of benzene rings is 2. The van der Waals surface area contributed by atoms with Gasteiger partial charge in [0.05, 0.1) is 18.8 Å². The lowest BCUT2D eigenvalue weighted by Gasteiger charge is -2.41. The fraction of sp³-hybridized carbons (Fsp3) is 0.385. The maximum atomic E-state index is 13.4. The Morgan fingerprint density at radius 3 is 2.33 bits per heavy atom. The summed E-state index contributed by atoms with van der Waals surface area (Å²) in [5.41, 5.74) is 7.72. The number of ether oxygens (including phenoxy) is 2. The first-order valence-electron chi connectivity index (χ1n) is 11.2. The third-order valence-corrected chi connectivity index (χ3v) is 6.72. The van der Waals surface area contributed by atoms with Gasteiger partial charge in [-0.05, 0) is 62.3 Å². The molecule has 1 saturated heterocycles. The van der Waals surface area contributed by atoms with Crippen molar-refractivity contribution in [2.45, 2.75) is 50.4 Å². The third kappa shape index (κ3) is 3.92. The van der Waals surface area contributed by atoms with Gasteiger partial charge in [0.25, 0.3) is 5.91 Å². The zero-order chi connectivity index (χ0) is 23.4. The summed E-state index contributed by atoms with van der Waals surface area (Å²) in [5.74, 6) is -0.635. The maximum absolute atomic E-state index is 13.4. The molecule has 1 aromatic heterocycles. The van der Waals surface area contributed by atoms with E-state index in [2.05, 4.69) is 35.6 Å². The predicted molar refractivity (Wildman–Crippen MR) is 123 cm³/mol. The smallest absolute Gasteiger partial charge is 0.256 e. The van der Waals surface area contributed by atoms with Gasteiger partial charge in [0.1, 0.15) is 11.3 Å². The van der Waals surface area contributed by atoms with E-state index in [0.717, 1.165) is 11.8 Å². The number of rotatable bonds is 5. The van der Waals surface area contributed by atoms with E-state index >= 15 is 0 Å². The van der Waals surface area contributed by atoms with E-state index in [4.69, 9.17) is 19.6 Å². The van der Waals surface area contributed by atoms with Crippen molar-refractivity contribution in [1.82, 2.24) is 5.32 Å². The number of hydrogen-bond donors (Lipinski definition) is 2. The molecule has 2 amide bonds. The topological polar surface area (TPSA) is 104 Å². The normalized spacial score (nSPS) is 23.2. The van der Waals surface area contributed by atoms with Crippen LogP contribution in [0.1, 0.15) is 59.3 Å². The Kier molecular flexibility index (Phi) is 5.06. The van der Waals surface area contributed by atoms with Crippen LogP contribution in [0.4, 0.5) is 0 Å². The molecular formula is C26H28N2O5. The molecule has 2 aromatic carbocycles. The number of carbonyl (C=O) groups is 2. The van der Waals surface area contributed by atoms with Crippen molar-refractivity contribution >= 4 is 22.8 Å². The second-order valence-corrected chi connectivity index (χ2v) is 9.53. The summed E-state index contributed by atoms with van der Waals surface area (Å²) in [6, 6.07) is 16.5. The quantitative estimate of drug-likeness (QED) is 0.619. The lowest BCUT2D eigenvalue weighted by atomic mass is 9.97. The highest BCUT2D eigenvalue weighted by Crippen LogP contribution is 2.55. The summed E-state index contributed by atoms with van der Waals surface area (Å²) in [5, 5.41) is 3.50. The number of amides is 2. The Bertz CT molecular complexity index is 1220. The van der Waals surface area contributed by atoms with E-state index in [0.29, 0.717) is 28.7 Å². The van der Waals surface area contributed by atoms with Crippen molar-refractivity contribution in [2.75, 3.05) is 13.2 Å². The largest absolute Gasteiger partial charge is 0.461 e. The number of hydrogen-bond acceptors (Lipinski definition) is 5. The third-order valence-electron chi connectivity index (χ3n) is 6.72. The van der Waals surface area contributed by atoms with Crippen LogP contribution in [0.5, 0.6) is 0 Å². The Balaban J connectivity index is 1.43. The first kappa shape index (κ1) is 21.7. The fourth-order valence-corrected chi connectivity index (χ4v) is 4.62. The van der Waals surface area contributed by atoms with Crippen LogP contribution in [-0.2, 0) is 14.3 Å². The van der Waals surface area contributed by atoms with Gasteiger partial charge in [-0.3, -0.25) is 9.59 Å². The van der Waals surface area contributed by atoms with Crippen molar-refractivity contribution in [3.05, 3.63) is 71.0 Å². The van der Waals surface area contributed by atoms with Crippen LogP contribution in [0.25, 0.3) is 11.0 Å². The molecule has 2 fully saturated rings. The van der Waals surface area contributed by atoms with Crippen molar-refractivity contribution in [3.63, 3.8) is 0 Å². The lowest BCUT2D eigenvalue weighted by Crippen LogP contribution is -2.67. The van der Waals surface area contributed by atoms with Crippen LogP contribution in [0.15, 0.2) is 52.9 Å². The molecule has 0 radical (unpaired) electrons. The molecule has 2 aliphatic rings. The van der Waals surface area contributed by atoms with Crippen molar-refractivity contribution in [1.29, 1.82) is 0 Å². The molecule has 3 N–H and O–H groups in total. The Labute approximate surface area is 192 Å². The van der Waals surface area contributed by atoms with Gasteiger partial charge >= 0.3 is 0 Å². The SMILES string of the molecule is Cc1oc2ccc(C3C[C@H]3c3ccccc3)cc2c1C(=O)NC1(C(N)=O)COC(C)(C)OC1. The van der Waals surface area contributed by atoms with Gasteiger partial charge in [-0.15, -0.1) is 0 Å². The minimum atomic E-state index is -1.45. The molecule has 33 heavy (non-hydrogen) atoms. The first-order chi connectivity index (χ1) is 15.7. The number of furan rings is 1. The summed E-state index contributed by atoms with van der Waals surface area (Å²) >= 11 is 0. The zero-order valence-electron chi connectivity index (χ0n) is 19.0. The standard InChI is InChI=1S/C26H28N2O5/c1-15-22(23(29)28-26(24(27)30)13-31-25(2,3)32-14-26)20-11-17(9-10-21(20)33-15)19-12-18(19)16-7-5-4-6-8-16/h4-11,18-19H,12-14H2,1-3H3,(H2,27,30)(H,28,29)/t18-,19?/m0/s1. The molecule has 1 aliphatic carbocycles. The maximum Gasteiger partial charge on any atom is 0.256 e. The average molecular weight is 449 g/mol. The van der Waals surface area contributed by atoms with Gasteiger partial charge in [0, 0.05) is 5.39 Å².